The molecule has 6 nitrogen and oxygen atoms in total. The van der Waals surface area contributed by atoms with Gasteiger partial charge in [0.2, 0.25) is 0 Å². The smallest absolute Gasteiger partial charge is 0.306 e. The van der Waals surface area contributed by atoms with E-state index < -0.39 is 12.2 Å². The molecule has 222 valence electrons. The van der Waals surface area contributed by atoms with Crippen molar-refractivity contribution in [1.82, 2.24) is 0 Å². The molecule has 0 radical (unpaired) electrons. The fraction of sp³-hybridized carbons (Fsp3) is 0.636. The molecule has 39 heavy (non-hydrogen) atoms. The Morgan fingerprint density at radius 2 is 1.38 bits per heavy atom. The van der Waals surface area contributed by atoms with E-state index >= 15 is 0 Å². The van der Waals surface area contributed by atoms with E-state index in [0.29, 0.717) is 19.3 Å². The fourth-order valence-electron chi connectivity index (χ4n) is 3.61. The van der Waals surface area contributed by atoms with Crippen LogP contribution in [-0.4, -0.2) is 47.6 Å². The van der Waals surface area contributed by atoms with Crippen LogP contribution >= 0.6 is 0 Å². The lowest BCUT2D eigenvalue weighted by Gasteiger charge is -2.15. The predicted molar refractivity (Wildman–Crippen MR) is 160 cm³/mol. The molecule has 0 aliphatic heterocycles. The average molecular weight is 547 g/mol. The minimum atomic E-state index is -0.801. The van der Waals surface area contributed by atoms with Crippen LogP contribution in [0.2, 0.25) is 0 Å². The molecule has 0 saturated carbocycles. The fourth-order valence-corrected chi connectivity index (χ4v) is 3.61. The third-order valence-corrected chi connectivity index (χ3v) is 5.90. The van der Waals surface area contributed by atoms with Crippen LogP contribution in [0.5, 0.6) is 0 Å². The lowest BCUT2D eigenvalue weighted by molar-refractivity contribution is -0.161. The zero-order valence-electron chi connectivity index (χ0n) is 24.5. The second-order valence-corrected chi connectivity index (χ2v) is 9.65. The maximum Gasteiger partial charge on any atom is 0.306 e. The Kier molecular flexibility index (Phi) is 26.8. The number of hydrogen-bond acceptors (Lipinski definition) is 6. The van der Waals surface area contributed by atoms with Crippen LogP contribution in [0.3, 0.4) is 0 Å². The summed E-state index contributed by atoms with van der Waals surface area (Å²) in [7, 11) is 0. The van der Waals surface area contributed by atoms with Gasteiger partial charge in [0.15, 0.2) is 6.10 Å². The van der Waals surface area contributed by atoms with E-state index in [0.717, 1.165) is 44.9 Å². The number of allylic oxidation sites excluding steroid dienone is 8. The highest BCUT2D eigenvalue weighted by Crippen LogP contribution is 2.10. The van der Waals surface area contributed by atoms with Crippen molar-refractivity contribution < 1.29 is 29.3 Å². The van der Waals surface area contributed by atoms with Crippen LogP contribution in [0.25, 0.3) is 0 Å². The molecule has 0 spiro atoms. The minimum absolute atomic E-state index is 0.110. The molecule has 0 aromatic carbocycles. The summed E-state index contributed by atoms with van der Waals surface area (Å²) in [5.41, 5.74) is 0. The number of carbonyl (C=O) groups excluding carboxylic acids is 2. The molecule has 1 unspecified atom stereocenters. The Bertz CT molecular complexity index is 734. The number of rotatable bonds is 25. The van der Waals surface area contributed by atoms with Crippen LogP contribution in [0, 0.1) is 0 Å². The number of unbranched alkanes of at least 4 members (excludes halogenated alkanes) is 7. The number of ether oxygens (including phenoxy) is 2. The molecule has 0 bridgehead atoms. The minimum Gasteiger partial charge on any atom is -0.462 e. The quantitative estimate of drug-likeness (QED) is 0.0534. The van der Waals surface area contributed by atoms with E-state index in [2.05, 4.69) is 37.3 Å². The summed E-state index contributed by atoms with van der Waals surface area (Å²) in [6, 6.07) is 0. The highest BCUT2D eigenvalue weighted by molar-refractivity contribution is 5.70. The maximum absolute atomic E-state index is 11.9. The van der Waals surface area contributed by atoms with Gasteiger partial charge in [0.25, 0.3) is 0 Å². The summed E-state index contributed by atoms with van der Waals surface area (Å²) >= 11 is 0. The molecule has 0 amide bonds. The summed E-state index contributed by atoms with van der Waals surface area (Å²) in [6.07, 6.45) is 32.0. The molecule has 2 atom stereocenters. The van der Waals surface area contributed by atoms with Crippen LogP contribution in [-0.2, 0) is 19.1 Å². The van der Waals surface area contributed by atoms with Gasteiger partial charge in [-0.25, -0.2) is 0 Å². The van der Waals surface area contributed by atoms with Gasteiger partial charge in [-0.3, -0.25) is 9.59 Å². The summed E-state index contributed by atoms with van der Waals surface area (Å²) in [6.45, 7) is 3.76. The second-order valence-electron chi connectivity index (χ2n) is 9.65. The first-order valence-electron chi connectivity index (χ1n) is 15.0. The summed E-state index contributed by atoms with van der Waals surface area (Å²) in [5.74, 6) is -0.699. The Morgan fingerprint density at radius 3 is 2.10 bits per heavy atom. The predicted octanol–water partition coefficient (Wildman–Crippen LogP) is 7.47. The van der Waals surface area contributed by atoms with Gasteiger partial charge >= 0.3 is 11.9 Å². The number of esters is 2. The Hall–Kier alpha value is -2.44. The van der Waals surface area contributed by atoms with Crippen molar-refractivity contribution in [3.8, 4) is 0 Å². The summed E-state index contributed by atoms with van der Waals surface area (Å²) in [5, 5.41) is 19.1. The van der Waals surface area contributed by atoms with Crippen molar-refractivity contribution in [1.29, 1.82) is 0 Å². The van der Waals surface area contributed by atoms with Crippen molar-refractivity contribution >= 4 is 11.9 Å². The zero-order chi connectivity index (χ0) is 28.8. The van der Waals surface area contributed by atoms with Crippen LogP contribution in [0.1, 0.15) is 110 Å². The molecular weight excluding hydrogens is 492 g/mol. The maximum atomic E-state index is 11.9. The normalized spacial score (nSPS) is 13.8. The highest BCUT2D eigenvalue weighted by Gasteiger charge is 2.15. The third-order valence-electron chi connectivity index (χ3n) is 5.90. The van der Waals surface area contributed by atoms with Crippen molar-refractivity contribution in [2.45, 2.75) is 122 Å². The van der Waals surface area contributed by atoms with Gasteiger partial charge in [0.1, 0.15) is 6.61 Å². The van der Waals surface area contributed by atoms with Gasteiger partial charge in [0.05, 0.1) is 12.7 Å². The number of aliphatic hydroxyl groups is 2. The number of hydrogen-bond donors (Lipinski definition) is 2. The first-order chi connectivity index (χ1) is 19.0. The SMILES string of the molecule is CC/C=C\C(O)C/C=C/C=C\C/C=C\C/C=C\CCCC(=O)OC[C@H](CO)OC(=O)CCCCCCCCC. The van der Waals surface area contributed by atoms with E-state index in [4.69, 9.17) is 9.47 Å². The molecule has 0 saturated heterocycles. The number of carbonyl (C=O) groups is 2. The van der Waals surface area contributed by atoms with Gasteiger partial charge in [-0.1, -0.05) is 113 Å². The van der Waals surface area contributed by atoms with Crippen molar-refractivity contribution in [2.24, 2.45) is 0 Å². The molecular formula is C33H54O6. The molecule has 0 fully saturated rings. The van der Waals surface area contributed by atoms with Crippen LogP contribution in [0.15, 0.2) is 60.8 Å². The topological polar surface area (TPSA) is 93.1 Å². The molecule has 6 heteroatoms. The monoisotopic (exact) mass is 546 g/mol. The van der Waals surface area contributed by atoms with Crippen LogP contribution < -0.4 is 0 Å². The average Bonchev–Trinajstić information content (AvgIpc) is 2.93. The lowest BCUT2D eigenvalue weighted by atomic mass is 10.1. The molecule has 2 N–H and O–H groups in total. The van der Waals surface area contributed by atoms with Gasteiger partial charge in [-0.05, 0) is 44.9 Å². The molecule has 0 aliphatic carbocycles. The zero-order valence-corrected chi connectivity index (χ0v) is 24.5. The second kappa shape index (κ2) is 28.6. The highest BCUT2D eigenvalue weighted by atomic mass is 16.6. The van der Waals surface area contributed by atoms with Crippen molar-refractivity contribution in [3.63, 3.8) is 0 Å². The standard InChI is InChI=1S/C33H54O6/c1-3-5-7-8-15-20-23-27-33(37)39-31(28-34)29-38-32(36)26-22-19-17-14-12-10-9-11-13-16-18-21-25-30(35)24-6-4-2/h6,9-10,13-14,16-18,21,24,30-31,34-35H,3-5,7-8,11-12,15,19-20,22-23,25-29H2,1-2H3/b10-9-,16-13-,17-14-,21-18+,24-6-/t30?,31-/m0/s1. The Morgan fingerprint density at radius 1 is 0.744 bits per heavy atom. The Labute approximate surface area is 237 Å². The largest absolute Gasteiger partial charge is 0.462 e. The van der Waals surface area contributed by atoms with Gasteiger partial charge in [-0.15, -0.1) is 0 Å². The van der Waals surface area contributed by atoms with Crippen molar-refractivity contribution in [2.75, 3.05) is 13.2 Å². The van der Waals surface area contributed by atoms with Gasteiger partial charge in [-0.2, -0.15) is 0 Å². The third kappa shape index (κ3) is 26.9. The molecule has 0 rings (SSSR count). The van der Waals surface area contributed by atoms with Crippen molar-refractivity contribution in [3.05, 3.63) is 60.8 Å². The first-order valence-corrected chi connectivity index (χ1v) is 15.0. The van der Waals surface area contributed by atoms with Gasteiger partial charge in [0, 0.05) is 12.8 Å². The molecule has 0 aromatic heterocycles. The van der Waals surface area contributed by atoms with E-state index in [1.165, 1.54) is 25.7 Å². The molecule has 0 aliphatic rings. The van der Waals surface area contributed by atoms with E-state index in [1.54, 1.807) is 0 Å². The first kappa shape index (κ1) is 36.6. The van der Waals surface area contributed by atoms with E-state index in [-0.39, 0.29) is 31.6 Å². The molecule has 0 aromatic rings. The van der Waals surface area contributed by atoms with Gasteiger partial charge < -0.3 is 19.7 Å². The summed E-state index contributed by atoms with van der Waals surface area (Å²) < 4.78 is 10.4. The van der Waals surface area contributed by atoms with Crippen LogP contribution in [0.4, 0.5) is 0 Å². The number of aliphatic hydroxyl groups excluding tert-OH is 2. The molecule has 0 heterocycles. The Balaban J connectivity index is 3.80. The van der Waals surface area contributed by atoms with E-state index in [9.17, 15) is 19.8 Å². The summed E-state index contributed by atoms with van der Waals surface area (Å²) in [4.78, 5) is 23.9. The van der Waals surface area contributed by atoms with E-state index in [1.807, 2.05) is 37.3 Å². The lowest BCUT2D eigenvalue weighted by Crippen LogP contribution is -2.28.